The molecule has 0 saturated carbocycles. The fourth-order valence-electron chi connectivity index (χ4n) is 2.62. The van der Waals surface area contributed by atoms with Crippen LogP contribution >= 0.6 is 27.3 Å². The average Bonchev–Trinajstić information content (AvgIpc) is 2.79. The van der Waals surface area contributed by atoms with Gasteiger partial charge in [-0.05, 0) is 37.5 Å². The number of hydrogen-bond donors (Lipinski definition) is 1. The molecule has 2 heterocycles. The fraction of sp³-hybridized carbons (Fsp3) is 0.294. The lowest BCUT2D eigenvalue weighted by Gasteiger charge is -2.06. The highest BCUT2D eigenvalue weighted by molar-refractivity contribution is 9.09. The van der Waals surface area contributed by atoms with Gasteiger partial charge in [-0.15, -0.1) is 11.3 Å². The Morgan fingerprint density at radius 1 is 1.23 bits per heavy atom. The molecule has 0 aliphatic rings. The third kappa shape index (κ3) is 2.63. The molecule has 0 aliphatic heterocycles. The van der Waals surface area contributed by atoms with Crippen LogP contribution in [0.3, 0.4) is 0 Å². The van der Waals surface area contributed by atoms with Crippen LogP contribution in [0.25, 0.3) is 21.3 Å². The summed E-state index contributed by atoms with van der Waals surface area (Å²) in [7, 11) is 0. The number of nitrogens with zero attached hydrogens (tertiary/aromatic N) is 1. The molecule has 0 radical (unpaired) electrons. The van der Waals surface area contributed by atoms with Crippen LogP contribution in [0.2, 0.25) is 0 Å². The maximum Gasteiger partial charge on any atom is 0.260 e. The number of nitrogens with one attached hydrogen (secondary N) is 1. The van der Waals surface area contributed by atoms with Gasteiger partial charge in [-0.1, -0.05) is 34.1 Å². The summed E-state index contributed by atoms with van der Waals surface area (Å²) in [4.78, 5) is 22.0. The molecule has 0 unspecified atom stereocenters. The van der Waals surface area contributed by atoms with E-state index >= 15 is 0 Å². The molecule has 3 rings (SSSR count). The molecule has 3 nitrogen and oxygen atoms in total. The molecular weight excluding hydrogens is 360 g/mol. The summed E-state index contributed by atoms with van der Waals surface area (Å²) >= 11 is 4.98. The van der Waals surface area contributed by atoms with Crippen molar-refractivity contribution in [3.63, 3.8) is 0 Å². The molecule has 3 aromatic rings. The first-order valence-electron chi connectivity index (χ1n) is 7.17. The van der Waals surface area contributed by atoms with Crippen LogP contribution < -0.4 is 5.56 Å². The van der Waals surface area contributed by atoms with E-state index in [-0.39, 0.29) is 5.56 Å². The Balaban J connectivity index is 2.28. The standard InChI is InChI=1S/C17H17BrN2OS/c1-9-4-5-12(8-10(9)2)14-11(3)22-17-15(14)16(21)19-13(20-17)6-7-18/h4-5,8H,6-7H2,1-3H3,(H,19,20,21). The maximum absolute atomic E-state index is 12.5. The van der Waals surface area contributed by atoms with Crippen molar-refractivity contribution in [2.45, 2.75) is 27.2 Å². The normalized spacial score (nSPS) is 11.3. The minimum atomic E-state index is -0.0430. The Labute approximate surface area is 141 Å². The molecule has 1 aromatic carbocycles. The van der Waals surface area contributed by atoms with Gasteiger partial charge in [-0.2, -0.15) is 0 Å². The number of aryl methyl sites for hydroxylation is 4. The van der Waals surface area contributed by atoms with Crippen LogP contribution in [0.4, 0.5) is 0 Å². The zero-order valence-corrected chi connectivity index (χ0v) is 15.2. The van der Waals surface area contributed by atoms with Crippen molar-refractivity contribution in [2.24, 2.45) is 0 Å². The molecule has 1 N–H and O–H groups in total. The van der Waals surface area contributed by atoms with Gasteiger partial charge >= 0.3 is 0 Å². The molecular formula is C17H17BrN2OS. The molecule has 22 heavy (non-hydrogen) atoms. The Morgan fingerprint density at radius 2 is 2.00 bits per heavy atom. The lowest BCUT2D eigenvalue weighted by Crippen LogP contribution is -2.11. The molecule has 0 bridgehead atoms. The maximum atomic E-state index is 12.5. The second-order valence-corrected chi connectivity index (χ2v) is 7.46. The second kappa shape index (κ2) is 5.97. The monoisotopic (exact) mass is 376 g/mol. The fourth-order valence-corrected chi connectivity index (χ4v) is 4.06. The summed E-state index contributed by atoms with van der Waals surface area (Å²) < 4.78 is 0. The van der Waals surface area contributed by atoms with Gasteiger partial charge in [-0.3, -0.25) is 4.79 Å². The highest BCUT2D eigenvalue weighted by Crippen LogP contribution is 2.36. The summed E-state index contributed by atoms with van der Waals surface area (Å²) in [5, 5.41) is 1.50. The lowest BCUT2D eigenvalue weighted by molar-refractivity contribution is 0.960. The average molecular weight is 377 g/mol. The zero-order valence-electron chi connectivity index (χ0n) is 12.8. The molecule has 0 aliphatic carbocycles. The number of benzene rings is 1. The quantitative estimate of drug-likeness (QED) is 0.683. The summed E-state index contributed by atoms with van der Waals surface area (Å²) in [6.07, 6.45) is 0.723. The number of H-pyrrole nitrogens is 1. The van der Waals surface area contributed by atoms with E-state index in [9.17, 15) is 4.79 Å². The minimum Gasteiger partial charge on any atom is -0.310 e. The Hall–Kier alpha value is -1.46. The van der Waals surface area contributed by atoms with Crippen molar-refractivity contribution < 1.29 is 0 Å². The predicted octanol–water partition coefficient (Wildman–Crippen LogP) is 4.51. The van der Waals surface area contributed by atoms with E-state index in [4.69, 9.17) is 0 Å². The smallest absolute Gasteiger partial charge is 0.260 e. The van der Waals surface area contributed by atoms with E-state index in [0.29, 0.717) is 5.39 Å². The number of alkyl halides is 1. The third-order valence-corrected chi connectivity index (χ3v) is 5.31. The molecule has 0 atom stereocenters. The minimum absolute atomic E-state index is 0.0430. The topological polar surface area (TPSA) is 45.8 Å². The Kier molecular flexibility index (Phi) is 4.19. The van der Waals surface area contributed by atoms with E-state index in [1.807, 2.05) is 0 Å². The summed E-state index contributed by atoms with van der Waals surface area (Å²) in [5.41, 5.74) is 4.55. The number of hydrogen-bond acceptors (Lipinski definition) is 3. The molecule has 0 spiro atoms. The highest BCUT2D eigenvalue weighted by atomic mass is 79.9. The SMILES string of the molecule is Cc1ccc(-c2c(C)sc3nc(CCBr)[nH]c(=O)c23)cc1C. The largest absolute Gasteiger partial charge is 0.310 e. The number of halogens is 1. The zero-order chi connectivity index (χ0) is 15.9. The van der Waals surface area contributed by atoms with Crippen LogP contribution in [0.5, 0.6) is 0 Å². The third-order valence-electron chi connectivity index (χ3n) is 3.91. The van der Waals surface area contributed by atoms with Crippen LogP contribution in [0.1, 0.15) is 21.8 Å². The van der Waals surface area contributed by atoms with E-state index < -0.39 is 0 Å². The molecule has 2 aromatic heterocycles. The van der Waals surface area contributed by atoms with Gasteiger partial charge in [0, 0.05) is 22.2 Å². The number of thiophene rings is 1. The van der Waals surface area contributed by atoms with E-state index in [0.717, 1.165) is 38.4 Å². The Bertz CT molecular complexity index is 911. The summed E-state index contributed by atoms with van der Waals surface area (Å²) in [6.45, 7) is 6.25. The van der Waals surface area contributed by atoms with Crippen molar-refractivity contribution in [1.82, 2.24) is 9.97 Å². The number of aromatic amines is 1. The van der Waals surface area contributed by atoms with Gasteiger partial charge in [0.2, 0.25) is 0 Å². The molecule has 5 heteroatoms. The summed E-state index contributed by atoms with van der Waals surface area (Å²) in [5.74, 6) is 0.738. The summed E-state index contributed by atoms with van der Waals surface area (Å²) in [6, 6.07) is 6.34. The van der Waals surface area contributed by atoms with Gasteiger partial charge in [0.25, 0.3) is 5.56 Å². The first kappa shape index (κ1) is 15.4. The van der Waals surface area contributed by atoms with E-state index in [1.165, 1.54) is 11.1 Å². The van der Waals surface area contributed by atoms with E-state index in [2.05, 4.69) is 64.9 Å². The van der Waals surface area contributed by atoms with Crippen molar-refractivity contribution in [3.05, 3.63) is 50.4 Å². The first-order chi connectivity index (χ1) is 10.5. The van der Waals surface area contributed by atoms with Gasteiger partial charge in [-0.25, -0.2) is 4.98 Å². The van der Waals surface area contributed by atoms with Crippen LogP contribution in [-0.4, -0.2) is 15.3 Å². The van der Waals surface area contributed by atoms with Crippen molar-refractivity contribution >= 4 is 37.5 Å². The van der Waals surface area contributed by atoms with Gasteiger partial charge in [0.05, 0.1) is 5.39 Å². The number of rotatable bonds is 3. The highest BCUT2D eigenvalue weighted by Gasteiger charge is 2.16. The number of aromatic nitrogens is 2. The van der Waals surface area contributed by atoms with Gasteiger partial charge in [0.1, 0.15) is 10.7 Å². The Morgan fingerprint density at radius 3 is 2.68 bits per heavy atom. The van der Waals surface area contributed by atoms with Gasteiger partial charge in [0.15, 0.2) is 0 Å². The van der Waals surface area contributed by atoms with Crippen LogP contribution in [0, 0.1) is 20.8 Å². The molecule has 0 fully saturated rings. The lowest BCUT2D eigenvalue weighted by atomic mass is 9.99. The molecule has 114 valence electrons. The van der Waals surface area contributed by atoms with E-state index in [1.54, 1.807) is 11.3 Å². The van der Waals surface area contributed by atoms with Crippen molar-refractivity contribution in [1.29, 1.82) is 0 Å². The predicted molar refractivity (Wildman–Crippen MR) is 97.4 cm³/mol. The molecule has 0 saturated heterocycles. The van der Waals surface area contributed by atoms with Crippen LogP contribution in [0.15, 0.2) is 23.0 Å². The molecule has 0 amide bonds. The number of fused-ring (bicyclic) bond motifs is 1. The first-order valence-corrected chi connectivity index (χ1v) is 9.11. The van der Waals surface area contributed by atoms with Gasteiger partial charge < -0.3 is 4.98 Å². The second-order valence-electron chi connectivity index (χ2n) is 5.46. The van der Waals surface area contributed by atoms with Crippen LogP contribution in [-0.2, 0) is 6.42 Å². The van der Waals surface area contributed by atoms with Crippen molar-refractivity contribution in [3.8, 4) is 11.1 Å². The van der Waals surface area contributed by atoms with Crippen molar-refractivity contribution in [2.75, 3.05) is 5.33 Å².